The van der Waals surface area contributed by atoms with Crippen LogP contribution < -0.4 is 11.1 Å². The first kappa shape index (κ1) is 13.1. The van der Waals surface area contributed by atoms with Crippen LogP contribution in [0.3, 0.4) is 0 Å². The van der Waals surface area contributed by atoms with Gasteiger partial charge < -0.3 is 11.1 Å². The van der Waals surface area contributed by atoms with Crippen LogP contribution in [0.2, 0.25) is 0 Å². The van der Waals surface area contributed by atoms with Crippen LogP contribution in [0.15, 0.2) is 24.3 Å². The van der Waals surface area contributed by atoms with Crippen LogP contribution in [0.5, 0.6) is 0 Å². The second kappa shape index (κ2) is 5.53. The standard InChI is InChI=1S/C15H22N2O/c1-15(7-2-3-8-15)11-17-10-12-5-4-6-13(9-12)14(16)18/h4-6,9,17H,2-3,7-8,10-11H2,1H3,(H2,16,18). The molecule has 3 heteroatoms. The first-order chi connectivity index (χ1) is 8.59. The molecule has 0 radical (unpaired) electrons. The van der Waals surface area contributed by atoms with Gasteiger partial charge in [0.25, 0.3) is 0 Å². The Bertz CT molecular complexity index is 422. The third-order valence-corrected chi connectivity index (χ3v) is 3.90. The largest absolute Gasteiger partial charge is 0.366 e. The highest BCUT2D eigenvalue weighted by atomic mass is 16.1. The number of amides is 1. The van der Waals surface area contributed by atoms with Crippen molar-refractivity contribution in [1.29, 1.82) is 0 Å². The normalized spacial score (nSPS) is 17.8. The van der Waals surface area contributed by atoms with Gasteiger partial charge in [0.15, 0.2) is 0 Å². The van der Waals surface area contributed by atoms with Gasteiger partial charge in [0.1, 0.15) is 0 Å². The van der Waals surface area contributed by atoms with E-state index >= 15 is 0 Å². The molecule has 0 unspecified atom stereocenters. The van der Waals surface area contributed by atoms with E-state index in [0.717, 1.165) is 18.7 Å². The summed E-state index contributed by atoms with van der Waals surface area (Å²) in [6.07, 6.45) is 5.35. The van der Waals surface area contributed by atoms with Crippen molar-refractivity contribution in [3.8, 4) is 0 Å². The van der Waals surface area contributed by atoms with Gasteiger partial charge in [-0.3, -0.25) is 4.79 Å². The molecular formula is C15H22N2O. The van der Waals surface area contributed by atoms with Crippen LogP contribution >= 0.6 is 0 Å². The van der Waals surface area contributed by atoms with Gasteiger partial charge in [-0.1, -0.05) is 31.9 Å². The Morgan fingerprint density at radius 1 is 1.39 bits per heavy atom. The fraction of sp³-hybridized carbons (Fsp3) is 0.533. The molecule has 2 rings (SSSR count). The van der Waals surface area contributed by atoms with Crippen molar-refractivity contribution in [3.05, 3.63) is 35.4 Å². The zero-order chi connectivity index (χ0) is 13.0. The Labute approximate surface area is 109 Å². The number of nitrogens with one attached hydrogen (secondary N) is 1. The minimum atomic E-state index is -0.361. The second-order valence-corrected chi connectivity index (χ2v) is 5.69. The molecule has 0 atom stereocenters. The molecule has 18 heavy (non-hydrogen) atoms. The average molecular weight is 246 g/mol. The summed E-state index contributed by atoms with van der Waals surface area (Å²) >= 11 is 0. The Balaban J connectivity index is 1.86. The highest BCUT2D eigenvalue weighted by Gasteiger charge is 2.27. The van der Waals surface area contributed by atoms with Crippen LogP contribution in [0.4, 0.5) is 0 Å². The van der Waals surface area contributed by atoms with E-state index in [9.17, 15) is 4.79 Å². The topological polar surface area (TPSA) is 55.1 Å². The van der Waals surface area contributed by atoms with Crippen LogP contribution in [-0.2, 0) is 6.54 Å². The van der Waals surface area contributed by atoms with Crippen molar-refractivity contribution in [2.45, 2.75) is 39.2 Å². The lowest BCUT2D eigenvalue weighted by atomic mass is 9.89. The summed E-state index contributed by atoms with van der Waals surface area (Å²) in [6.45, 7) is 4.21. The third-order valence-electron chi connectivity index (χ3n) is 3.90. The molecule has 1 fully saturated rings. The third kappa shape index (κ3) is 3.33. The van der Waals surface area contributed by atoms with E-state index in [1.165, 1.54) is 25.7 Å². The van der Waals surface area contributed by atoms with Crippen LogP contribution in [-0.4, -0.2) is 12.5 Å². The summed E-state index contributed by atoms with van der Waals surface area (Å²) in [6, 6.07) is 7.53. The predicted molar refractivity (Wildman–Crippen MR) is 73.2 cm³/mol. The molecule has 1 aliphatic rings. The Morgan fingerprint density at radius 3 is 2.78 bits per heavy atom. The summed E-state index contributed by atoms with van der Waals surface area (Å²) in [5.41, 5.74) is 7.44. The lowest BCUT2D eigenvalue weighted by Crippen LogP contribution is -2.29. The number of rotatable bonds is 5. The van der Waals surface area contributed by atoms with Gasteiger partial charge >= 0.3 is 0 Å². The molecule has 0 heterocycles. The number of benzene rings is 1. The fourth-order valence-corrected chi connectivity index (χ4v) is 2.75. The molecule has 3 nitrogen and oxygen atoms in total. The first-order valence-electron chi connectivity index (χ1n) is 6.69. The van der Waals surface area contributed by atoms with Gasteiger partial charge in [-0.15, -0.1) is 0 Å². The van der Waals surface area contributed by atoms with E-state index in [-0.39, 0.29) is 5.91 Å². The minimum absolute atomic E-state index is 0.361. The summed E-state index contributed by atoms with van der Waals surface area (Å²) in [7, 11) is 0. The maximum absolute atomic E-state index is 11.1. The molecule has 1 saturated carbocycles. The highest BCUT2D eigenvalue weighted by molar-refractivity contribution is 5.92. The van der Waals surface area contributed by atoms with E-state index in [0.29, 0.717) is 11.0 Å². The molecular weight excluding hydrogens is 224 g/mol. The maximum atomic E-state index is 11.1. The maximum Gasteiger partial charge on any atom is 0.248 e. The summed E-state index contributed by atoms with van der Waals surface area (Å²) in [5, 5.41) is 3.50. The molecule has 1 aliphatic carbocycles. The van der Waals surface area contributed by atoms with Gasteiger partial charge in [0.2, 0.25) is 5.91 Å². The lowest BCUT2D eigenvalue weighted by Gasteiger charge is -2.23. The first-order valence-corrected chi connectivity index (χ1v) is 6.69. The van der Waals surface area contributed by atoms with E-state index in [4.69, 9.17) is 5.73 Å². The van der Waals surface area contributed by atoms with E-state index in [2.05, 4.69) is 12.2 Å². The molecule has 0 aromatic heterocycles. The quantitative estimate of drug-likeness (QED) is 0.838. The van der Waals surface area contributed by atoms with Crippen molar-refractivity contribution >= 4 is 5.91 Å². The van der Waals surface area contributed by atoms with Crippen molar-refractivity contribution < 1.29 is 4.79 Å². The number of nitrogens with two attached hydrogens (primary N) is 1. The number of hydrogen-bond donors (Lipinski definition) is 2. The van der Waals surface area contributed by atoms with E-state index in [1.807, 2.05) is 18.2 Å². The van der Waals surface area contributed by atoms with Crippen LogP contribution in [0.1, 0.15) is 48.5 Å². The van der Waals surface area contributed by atoms with Crippen molar-refractivity contribution in [2.75, 3.05) is 6.54 Å². The molecule has 98 valence electrons. The summed E-state index contributed by atoms with van der Waals surface area (Å²) in [4.78, 5) is 11.1. The van der Waals surface area contributed by atoms with E-state index in [1.54, 1.807) is 6.07 Å². The van der Waals surface area contributed by atoms with Crippen molar-refractivity contribution in [3.63, 3.8) is 0 Å². The Hall–Kier alpha value is -1.35. The zero-order valence-corrected chi connectivity index (χ0v) is 11.0. The molecule has 0 bridgehead atoms. The molecule has 0 aliphatic heterocycles. The molecule has 0 saturated heterocycles. The van der Waals surface area contributed by atoms with Crippen LogP contribution in [0.25, 0.3) is 0 Å². The van der Waals surface area contributed by atoms with Gasteiger partial charge in [-0.2, -0.15) is 0 Å². The average Bonchev–Trinajstić information content (AvgIpc) is 2.77. The SMILES string of the molecule is CC1(CNCc2cccc(C(N)=O)c2)CCCC1. The Morgan fingerprint density at radius 2 is 2.11 bits per heavy atom. The second-order valence-electron chi connectivity index (χ2n) is 5.69. The van der Waals surface area contributed by atoms with Gasteiger partial charge in [-0.25, -0.2) is 0 Å². The fourth-order valence-electron chi connectivity index (χ4n) is 2.75. The summed E-state index contributed by atoms with van der Waals surface area (Å²) < 4.78 is 0. The molecule has 3 N–H and O–H groups in total. The van der Waals surface area contributed by atoms with Crippen LogP contribution in [0, 0.1) is 5.41 Å². The minimum Gasteiger partial charge on any atom is -0.366 e. The smallest absolute Gasteiger partial charge is 0.248 e. The lowest BCUT2D eigenvalue weighted by molar-refractivity contribution is 0.1000. The van der Waals surface area contributed by atoms with Gasteiger partial charge in [0.05, 0.1) is 0 Å². The molecule has 1 aromatic carbocycles. The van der Waals surface area contributed by atoms with E-state index < -0.39 is 0 Å². The highest BCUT2D eigenvalue weighted by Crippen LogP contribution is 2.36. The van der Waals surface area contributed by atoms with Crippen molar-refractivity contribution in [2.24, 2.45) is 11.1 Å². The van der Waals surface area contributed by atoms with Crippen molar-refractivity contribution in [1.82, 2.24) is 5.32 Å². The van der Waals surface area contributed by atoms with Gasteiger partial charge in [-0.05, 0) is 36.0 Å². The molecule has 1 amide bonds. The number of hydrogen-bond acceptors (Lipinski definition) is 2. The summed E-state index contributed by atoms with van der Waals surface area (Å²) in [5.74, 6) is -0.361. The molecule has 0 spiro atoms. The number of primary amides is 1. The number of carbonyl (C=O) groups is 1. The number of carbonyl (C=O) groups excluding carboxylic acids is 1. The predicted octanol–water partition coefficient (Wildman–Crippen LogP) is 2.46. The molecule has 1 aromatic rings. The monoisotopic (exact) mass is 246 g/mol. The van der Waals surface area contributed by atoms with Gasteiger partial charge in [0, 0.05) is 18.7 Å². The zero-order valence-electron chi connectivity index (χ0n) is 11.0. The Kier molecular flexibility index (Phi) is 4.02.